The molecule has 0 N–H and O–H groups in total. The average Bonchev–Trinajstić information content (AvgIpc) is 3.27. The predicted octanol–water partition coefficient (Wildman–Crippen LogP) is 15.6. The molecule has 0 heteroatoms. The van der Waals surface area contributed by atoms with Crippen molar-refractivity contribution in [3.63, 3.8) is 0 Å². The van der Waals surface area contributed by atoms with Crippen LogP contribution in [0.25, 0.3) is 89.0 Å². The summed E-state index contributed by atoms with van der Waals surface area (Å²) < 4.78 is 0. The van der Waals surface area contributed by atoms with Crippen LogP contribution in [-0.2, 0) is 0 Å². The lowest BCUT2D eigenvalue weighted by Gasteiger charge is -2.29. The van der Waals surface area contributed by atoms with Crippen molar-refractivity contribution in [3.05, 3.63) is 230 Å². The minimum absolute atomic E-state index is 1.18. The van der Waals surface area contributed by atoms with Gasteiger partial charge in [0.1, 0.15) is 0 Å². The Morgan fingerprint density at radius 1 is 0.161 bits per heavy atom. The van der Waals surface area contributed by atoms with Crippen LogP contribution in [0.2, 0.25) is 0 Å². The molecule has 9 rings (SSSR count). The highest BCUT2D eigenvalue weighted by atomic mass is 14.3. The molecule has 9 aromatic carbocycles. The Hall–Kier alpha value is -7.02. The highest BCUT2D eigenvalue weighted by molar-refractivity contribution is 6.15. The molecular weight excluding hydrogens is 673 g/mol. The zero-order valence-electron chi connectivity index (χ0n) is 31.8. The van der Waals surface area contributed by atoms with Crippen molar-refractivity contribution in [2.45, 2.75) is 13.8 Å². The topological polar surface area (TPSA) is 0 Å². The summed E-state index contributed by atoms with van der Waals surface area (Å²) in [5.74, 6) is 0. The van der Waals surface area contributed by atoms with E-state index in [0.29, 0.717) is 0 Å². The maximum absolute atomic E-state index is 2.32. The molecule has 0 aliphatic carbocycles. The molecular formula is C56H42. The standard InChI is InChI=1S/C56H42/c1-39-23-27-41(28-24-39)43-31-35-49(36-32-43)55-51(45-15-7-3-8-16-45)53(47-19-11-5-12-20-47)56(50-37-33-44(34-38-50)42-29-25-40(2)26-30-42)54(48-21-13-6-14-22-48)52(55)46-17-9-4-10-18-46/h3-38H,1-2H3. The van der Waals surface area contributed by atoms with Crippen molar-refractivity contribution in [2.75, 3.05) is 0 Å². The second-order valence-corrected chi connectivity index (χ2v) is 14.6. The van der Waals surface area contributed by atoms with Gasteiger partial charge in [-0.25, -0.2) is 0 Å². The van der Waals surface area contributed by atoms with E-state index in [-0.39, 0.29) is 0 Å². The van der Waals surface area contributed by atoms with Gasteiger partial charge >= 0.3 is 0 Å². The van der Waals surface area contributed by atoms with Crippen molar-refractivity contribution in [1.29, 1.82) is 0 Å². The van der Waals surface area contributed by atoms with E-state index in [0.717, 1.165) is 0 Å². The van der Waals surface area contributed by atoms with Crippen LogP contribution in [0.5, 0.6) is 0 Å². The van der Waals surface area contributed by atoms with Gasteiger partial charge in [-0.2, -0.15) is 0 Å². The Morgan fingerprint density at radius 2 is 0.321 bits per heavy atom. The van der Waals surface area contributed by atoms with E-state index in [1.54, 1.807) is 0 Å². The van der Waals surface area contributed by atoms with Crippen LogP contribution in [0.3, 0.4) is 0 Å². The summed E-state index contributed by atoms with van der Waals surface area (Å²) in [5.41, 5.74) is 21.7. The summed E-state index contributed by atoms with van der Waals surface area (Å²) in [6.07, 6.45) is 0. The van der Waals surface area contributed by atoms with E-state index in [4.69, 9.17) is 0 Å². The van der Waals surface area contributed by atoms with Crippen molar-refractivity contribution in [3.8, 4) is 89.0 Å². The third-order valence-corrected chi connectivity index (χ3v) is 10.9. The van der Waals surface area contributed by atoms with E-state index >= 15 is 0 Å². The third-order valence-electron chi connectivity index (χ3n) is 10.9. The van der Waals surface area contributed by atoms with Crippen molar-refractivity contribution in [2.24, 2.45) is 0 Å². The van der Waals surface area contributed by atoms with E-state index in [1.807, 2.05) is 0 Å². The van der Waals surface area contributed by atoms with Gasteiger partial charge in [-0.15, -0.1) is 0 Å². The molecule has 56 heavy (non-hydrogen) atoms. The molecule has 0 radical (unpaired) electrons. The number of hydrogen-bond acceptors (Lipinski definition) is 0. The molecule has 0 aliphatic heterocycles. The molecule has 0 heterocycles. The Balaban J connectivity index is 1.44. The van der Waals surface area contributed by atoms with E-state index < -0.39 is 0 Å². The predicted molar refractivity (Wildman–Crippen MR) is 239 cm³/mol. The molecule has 9 aromatic rings. The SMILES string of the molecule is Cc1ccc(-c2ccc(-c3c(-c4ccccc4)c(-c4ccccc4)c(-c4ccc(-c5ccc(C)cc5)cc4)c(-c4ccccc4)c3-c3ccccc3)cc2)cc1. The van der Waals surface area contributed by atoms with Crippen LogP contribution in [0.1, 0.15) is 11.1 Å². The highest BCUT2D eigenvalue weighted by Crippen LogP contribution is 2.56. The van der Waals surface area contributed by atoms with Gasteiger partial charge < -0.3 is 0 Å². The van der Waals surface area contributed by atoms with Crippen LogP contribution >= 0.6 is 0 Å². The molecule has 0 aromatic heterocycles. The minimum atomic E-state index is 1.18. The van der Waals surface area contributed by atoms with Crippen molar-refractivity contribution < 1.29 is 0 Å². The van der Waals surface area contributed by atoms with Crippen molar-refractivity contribution in [1.82, 2.24) is 0 Å². The van der Waals surface area contributed by atoms with Crippen LogP contribution < -0.4 is 0 Å². The fourth-order valence-electron chi connectivity index (χ4n) is 8.05. The first-order valence-corrected chi connectivity index (χ1v) is 19.4. The largest absolute Gasteiger partial charge is 0.0622 e. The molecule has 0 spiro atoms. The minimum Gasteiger partial charge on any atom is -0.0622 e. The Bertz CT molecular complexity index is 2410. The van der Waals surface area contributed by atoms with E-state index in [9.17, 15) is 0 Å². The summed E-state index contributed by atoms with van der Waals surface area (Å²) in [6.45, 7) is 4.28. The summed E-state index contributed by atoms with van der Waals surface area (Å²) in [5, 5.41) is 0. The van der Waals surface area contributed by atoms with Gasteiger partial charge in [0.25, 0.3) is 0 Å². The summed E-state index contributed by atoms with van der Waals surface area (Å²) in [7, 11) is 0. The Labute approximate surface area is 331 Å². The quantitative estimate of drug-likeness (QED) is 0.147. The van der Waals surface area contributed by atoms with Crippen molar-refractivity contribution >= 4 is 0 Å². The van der Waals surface area contributed by atoms with Gasteiger partial charge in [0.15, 0.2) is 0 Å². The average molecular weight is 715 g/mol. The lowest BCUT2D eigenvalue weighted by molar-refractivity contribution is 1.47. The molecule has 0 saturated heterocycles. The second-order valence-electron chi connectivity index (χ2n) is 14.6. The molecule has 0 atom stereocenters. The Morgan fingerprint density at radius 3 is 0.536 bits per heavy atom. The zero-order valence-corrected chi connectivity index (χ0v) is 31.8. The zero-order chi connectivity index (χ0) is 37.8. The number of benzene rings is 9. The van der Waals surface area contributed by atoms with E-state index in [1.165, 1.54) is 100 Å². The summed E-state index contributed by atoms with van der Waals surface area (Å²) >= 11 is 0. The second kappa shape index (κ2) is 15.4. The van der Waals surface area contributed by atoms with Crippen LogP contribution in [0.15, 0.2) is 218 Å². The van der Waals surface area contributed by atoms with Gasteiger partial charge in [0.2, 0.25) is 0 Å². The van der Waals surface area contributed by atoms with Crippen LogP contribution in [-0.4, -0.2) is 0 Å². The first kappa shape index (κ1) is 34.7. The monoisotopic (exact) mass is 714 g/mol. The van der Waals surface area contributed by atoms with E-state index in [2.05, 4.69) is 232 Å². The van der Waals surface area contributed by atoms with Crippen LogP contribution in [0, 0.1) is 13.8 Å². The highest BCUT2D eigenvalue weighted by Gasteiger charge is 2.29. The normalized spacial score (nSPS) is 11.0. The number of aryl methyl sites for hydroxylation is 2. The summed E-state index contributed by atoms with van der Waals surface area (Å²) in [4.78, 5) is 0. The molecule has 0 fully saturated rings. The third kappa shape index (κ3) is 6.79. The first-order valence-electron chi connectivity index (χ1n) is 19.4. The van der Waals surface area contributed by atoms with Gasteiger partial charge in [-0.3, -0.25) is 0 Å². The molecule has 0 saturated carbocycles. The Kier molecular flexibility index (Phi) is 9.54. The summed E-state index contributed by atoms with van der Waals surface area (Å²) in [6, 6.07) is 80.0. The number of hydrogen-bond donors (Lipinski definition) is 0. The lowest BCUT2D eigenvalue weighted by atomic mass is 9.74. The molecule has 0 unspecified atom stereocenters. The molecule has 0 amide bonds. The fourth-order valence-corrected chi connectivity index (χ4v) is 8.05. The molecule has 266 valence electrons. The van der Waals surface area contributed by atoms with Gasteiger partial charge in [0, 0.05) is 0 Å². The van der Waals surface area contributed by atoms with Gasteiger partial charge in [0.05, 0.1) is 0 Å². The number of rotatable bonds is 8. The van der Waals surface area contributed by atoms with Gasteiger partial charge in [-0.05, 0) is 103 Å². The van der Waals surface area contributed by atoms with Gasteiger partial charge in [-0.1, -0.05) is 230 Å². The maximum Gasteiger partial charge on any atom is -0.00139 e. The molecule has 0 bridgehead atoms. The molecule has 0 aliphatic rings. The first-order chi connectivity index (χ1) is 27.6. The maximum atomic E-state index is 2.32. The smallest absolute Gasteiger partial charge is 0.00139 e. The lowest BCUT2D eigenvalue weighted by Crippen LogP contribution is -2.02. The van der Waals surface area contributed by atoms with Crippen LogP contribution in [0.4, 0.5) is 0 Å². The fraction of sp³-hybridized carbons (Fsp3) is 0.0357. The molecule has 0 nitrogen and oxygen atoms in total.